The molecular weight excluding hydrogens is 202 g/mol. The van der Waals surface area contributed by atoms with E-state index in [1.807, 2.05) is 0 Å². The Hall–Kier alpha value is -1.58. The van der Waals surface area contributed by atoms with Crippen LogP contribution in [0.5, 0.6) is 0 Å². The minimum absolute atomic E-state index is 0.132. The van der Waals surface area contributed by atoms with Gasteiger partial charge in [0.1, 0.15) is 5.69 Å². The van der Waals surface area contributed by atoms with Crippen molar-refractivity contribution in [3.05, 3.63) is 24.0 Å². The quantitative estimate of drug-likeness (QED) is 0.797. The molecule has 0 bridgehead atoms. The standard InChI is InChI=1S/C12H19N3O/c1-3-9(4-2)7-15-12(16)11-6-5-10(13)8-14-11/h5-6,8-9H,3-4,7,13H2,1-2H3,(H,15,16). The first-order valence-corrected chi connectivity index (χ1v) is 5.67. The lowest BCUT2D eigenvalue weighted by Gasteiger charge is -2.12. The number of nitrogens with two attached hydrogens (primary N) is 1. The van der Waals surface area contributed by atoms with Gasteiger partial charge in [-0.15, -0.1) is 0 Å². The van der Waals surface area contributed by atoms with Crippen molar-refractivity contribution in [1.82, 2.24) is 10.3 Å². The highest BCUT2D eigenvalue weighted by molar-refractivity contribution is 5.92. The average molecular weight is 221 g/mol. The van der Waals surface area contributed by atoms with E-state index in [4.69, 9.17) is 5.73 Å². The van der Waals surface area contributed by atoms with Crippen LogP contribution in [0.1, 0.15) is 37.2 Å². The van der Waals surface area contributed by atoms with E-state index >= 15 is 0 Å². The van der Waals surface area contributed by atoms with Crippen molar-refractivity contribution < 1.29 is 4.79 Å². The van der Waals surface area contributed by atoms with Crippen LogP contribution in [-0.2, 0) is 0 Å². The monoisotopic (exact) mass is 221 g/mol. The van der Waals surface area contributed by atoms with Gasteiger partial charge in [-0.3, -0.25) is 4.79 Å². The minimum atomic E-state index is -0.132. The van der Waals surface area contributed by atoms with Crippen molar-refractivity contribution >= 4 is 11.6 Å². The molecule has 0 saturated carbocycles. The smallest absolute Gasteiger partial charge is 0.269 e. The molecule has 0 aliphatic heterocycles. The Kier molecular flexibility index (Phi) is 4.76. The highest BCUT2D eigenvalue weighted by Gasteiger charge is 2.09. The summed E-state index contributed by atoms with van der Waals surface area (Å²) in [5, 5.41) is 2.88. The second-order valence-electron chi connectivity index (χ2n) is 3.87. The summed E-state index contributed by atoms with van der Waals surface area (Å²) in [7, 11) is 0. The molecule has 0 aliphatic rings. The van der Waals surface area contributed by atoms with E-state index in [0.29, 0.717) is 23.8 Å². The van der Waals surface area contributed by atoms with Gasteiger partial charge in [0.25, 0.3) is 5.91 Å². The van der Waals surface area contributed by atoms with Crippen molar-refractivity contribution in [1.29, 1.82) is 0 Å². The molecule has 3 N–H and O–H groups in total. The zero-order valence-corrected chi connectivity index (χ0v) is 9.86. The van der Waals surface area contributed by atoms with Crippen LogP contribution in [0.2, 0.25) is 0 Å². The van der Waals surface area contributed by atoms with Gasteiger partial charge in [-0.1, -0.05) is 26.7 Å². The first-order chi connectivity index (χ1) is 7.67. The van der Waals surface area contributed by atoms with Gasteiger partial charge < -0.3 is 11.1 Å². The van der Waals surface area contributed by atoms with Crippen LogP contribution in [0.25, 0.3) is 0 Å². The number of anilines is 1. The van der Waals surface area contributed by atoms with Crippen molar-refractivity contribution in [3.8, 4) is 0 Å². The normalized spacial score (nSPS) is 10.4. The summed E-state index contributed by atoms with van der Waals surface area (Å²) < 4.78 is 0. The molecule has 1 aromatic heterocycles. The molecule has 16 heavy (non-hydrogen) atoms. The van der Waals surface area contributed by atoms with E-state index in [1.54, 1.807) is 12.1 Å². The topological polar surface area (TPSA) is 68.0 Å². The predicted molar refractivity (Wildman–Crippen MR) is 65.1 cm³/mol. The predicted octanol–water partition coefficient (Wildman–Crippen LogP) is 1.83. The first kappa shape index (κ1) is 12.5. The van der Waals surface area contributed by atoms with Crippen LogP contribution in [0, 0.1) is 5.92 Å². The fraction of sp³-hybridized carbons (Fsp3) is 0.500. The van der Waals surface area contributed by atoms with Gasteiger partial charge in [-0.05, 0) is 18.1 Å². The van der Waals surface area contributed by atoms with Gasteiger partial charge in [-0.25, -0.2) is 4.98 Å². The van der Waals surface area contributed by atoms with E-state index in [2.05, 4.69) is 24.1 Å². The Morgan fingerprint density at radius 1 is 1.44 bits per heavy atom. The fourth-order valence-corrected chi connectivity index (χ4v) is 1.44. The third-order valence-corrected chi connectivity index (χ3v) is 2.72. The number of amides is 1. The van der Waals surface area contributed by atoms with Crippen molar-refractivity contribution in [3.63, 3.8) is 0 Å². The lowest BCUT2D eigenvalue weighted by atomic mass is 10.0. The SMILES string of the molecule is CCC(CC)CNC(=O)c1ccc(N)cn1. The highest BCUT2D eigenvalue weighted by atomic mass is 16.1. The van der Waals surface area contributed by atoms with Gasteiger partial charge in [-0.2, -0.15) is 0 Å². The van der Waals surface area contributed by atoms with Crippen LogP contribution in [0.15, 0.2) is 18.3 Å². The average Bonchev–Trinajstić information content (AvgIpc) is 2.31. The second kappa shape index (κ2) is 6.10. The lowest BCUT2D eigenvalue weighted by Crippen LogP contribution is -2.29. The fourth-order valence-electron chi connectivity index (χ4n) is 1.44. The van der Waals surface area contributed by atoms with Crippen LogP contribution < -0.4 is 11.1 Å². The number of carbonyl (C=O) groups is 1. The summed E-state index contributed by atoms with van der Waals surface area (Å²) in [6.45, 7) is 4.96. The molecule has 0 radical (unpaired) electrons. The largest absolute Gasteiger partial charge is 0.397 e. The molecule has 0 aliphatic carbocycles. The highest BCUT2D eigenvalue weighted by Crippen LogP contribution is 2.06. The molecular formula is C12H19N3O. The number of nitrogens with one attached hydrogen (secondary N) is 1. The lowest BCUT2D eigenvalue weighted by molar-refractivity contribution is 0.0941. The second-order valence-corrected chi connectivity index (χ2v) is 3.87. The Morgan fingerprint density at radius 3 is 2.62 bits per heavy atom. The summed E-state index contributed by atoms with van der Waals surface area (Å²) >= 11 is 0. The molecule has 0 saturated heterocycles. The maximum absolute atomic E-state index is 11.7. The molecule has 0 aromatic carbocycles. The van der Waals surface area contributed by atoms with E-state index in [0.717, 1.165) is 12.8 Å². The van der Waals surface area contributed by atoms with E-state index in [-0.39, 0.29) is 5.91 Å². The minimum Gasteiger partial charge on any atom is -0.397 e. The van der Waals surface area contributed by atoms with E-state index in [9.17, 15) is 4.79 Å². The zero-order valence-electron chi connectivity index (χ0n) is 9.86. The third kappa shape index (κ3) is 3.53. The molecule has 0 spiro atoms. The number of pyridine rings is 1. The van der Waals surface area contributed by atoms with Gasteiger partial charge in [0.05, 0.1) is 11.9 Å². The van der Waals surface area contributed by atoms with Crippen LogP contribution in [0.4, 0.5) is 5.69 Å². The van der Waals surface area contributed by atoms with Crippen LogP contribution >= 0.6 is 0 Å². The Morgan fingerprint density at radius 2 is 2.12 bits per heavy atom. The number of nitrogens with zero attached hydrogens (tertiary/aromatic N) is 1. The number of aromatic nitrogens is 1. The maximum atomic E-state index is 11.7. The molecule has 1 rings (SSSR count). The van der Waals surface area contributed by atoms with Gasteiger partial charge in [0.15, 0.2) is 0 Å². The van der Waals surface area contributed by atoms with Crippen LogP contribution in [0.3, 0.4) is 0 Å². The van der Waals surface area contributed by atoms with Crippen molar-refractivity contribution in [2.75, 3.05) is 12.3 Å². The zero-order chi connectivity index (χ0) is 12.0. The molecule has 1 amide bonds. The van der Waals surface area contributed by atoms with Crippen molar-refractivity contribution in [2.45, 2.75) is 26.7 Å². The number of rotatable bonds is 5. The molecule has 88 valence electrons. The number of carbonyl (C=O) groups excluding carboxylic acids is 1. The van der Waals surface area contributed by atoms with Gasteiger partial charge in [0.2, 0.25) is 0 Å². The summed E-state index contributed by atoms with van der Waals surface area (Å²) in [5.74, 6) is 0.407. The summed E-state index contributed by atoms with van der Waals surface area (Å²) in [6.07, 6.45) is 3.64. The molecule has 1 heterocycles. The molecule has 4 heteroatoms. The molecule has 0 fully saturated rings. The summed E-state index contributed by atoms with van der Waals surface area (Å²) in [4.78, 5) is 15.6. The first-order valence-electron chi connectivity index (χ1n) is 5.67. The van der Waals surface area contributed by atoms with Gasteiger partial charge >= 0.3 is 0 Å². The van der Waals surface area contributed by atoms with Crippen molar-refractivity contribution in [2.24, 2.45) is 5.92 Å². The Bertz CT molecular complexity index is 331. The summed E-state index contributed by atoms with van der Waals surface area (Å²) in [5.41, 5.74) is 6.48. The Labute approximate surface area is 96.3 Å². The summed E-state index contributed by atoms with van der Waals surface area (Å²) in [6, 6.07) is 3.32. The van der Waals surface area contributed by atoms with E-state index in [1.165, 1.54) is 6.20 Å². The number of hydrogen-bond acceptors (Lipinski definition) is 3. The number of nitrogen functional groups attached to an aromatic ring is 1. The Balaban J connectivity index is 2.49. The third-order valence-electron chi connectivity index (χ3n) is 2.72. The molecule has 0 unspecified atom stereocenters. The molecule has 1 aromatic rings. The van der Waals surface area contributed by atoms with Crippen LogP contribution in [-0.4, -0.2) is 17.4 Å². The van der Waals surface area contributed by atoms with Gasteiger partial charge in [0, 0.05) is 6.54 Å². The molecule has 4 nitrogen and oxygen atoms in total. The number of hydrogen-bond donors (Lipinski definition) is 2. The maximum Gasteiger partial charge on any atom is 0.269 e. The van der Waals surface area contributed by atoms with E-state index < -0.39 is 0 Å². The molecule has 0 atom stereocenters.